The Morgan fingerprint density at radius 3 is 2.89 bits per heavy atom. The van der Waals surface area contributed by atoms with Crippen molar-refractivity contribution in [1.29, 1.82) is 0 Å². The van der Waals surface area contributed by atoms with Crippen molar-refractivity contribution in [3.8, 4) is 0 Å². The third-order valence-corrected chi connectivity index (χ3v) is 2.89. The van der Waals surface area contributed by atoms with Crippen LogP contribution in [0.2, 0.25) is 5.02 Å². The Balaban J connectivity index is 2.32. The van der Waals surface area contributed by atoms with Crippen molar-refractivity contribution >= 4 is 17.5 Å². The van der Waals surface area contributed by atoms with E-state index in [9.17, 15) is 9.90 Å². The van der Waals surface area contributed by atoms with E-state index in [1.165, 1.54) is 7.11 Å². The first-order valence-electron chi connectivity index (χ1n) is 6.15. The number of hydrogen-bond acceptors (Lipinski definition) is 3. The molecule has 1 unspecified atom stereocenters. The summed E-state index contributed by atoms with van der Waals surface area (Å²) in [5, 5.41) is 13.2. The van der Waals surface area contributed by atoms with E-state index in [-0.39, 0.29) is 19.1 Å². The van der Waals surface area contributed by atoms with Crippen molar-refractivity contribution in [1.82, 2.24) is 5.32 Å². The van der Waals surface area contributed by atoms with Crippen molar-refractivity contribution in [2.24, 2.45) is 0 Å². The van der Waals surface area contributed by atoms with Crippen molar-refractivity contribution in [2.45, 2.75) is 25.4 Å². The Hall–Kier alpha value is -1.10. The molecular formula is C14H20ClNO3. The summed E-state index contributed by atoms with van der Waals surface area (Å²) in [4.78, 5) is 11.7. The van der Waals surface area contributed by atoms with Crippen LogP contribution in [0.1, 0.15) is 18.9 Å². The Kier molecular flexibility index (Phi) is 6.28. The van der Waals surface area contributed by atoms with Crippen LogP contribution in [-0.4, -0.2) is 36.9 Å². The molecule has 2 N–H and O–H groups in total. The number of rotatable bonds is 7. The van der Waals surface area contributed by atoms with Crippen molar-refractivity contribution in [3.63, 3.8) is 0 Å². The fraction of sp³-hybridized carbons (Fsp3) is 0.500. The average Bonchev–Trinajstić information content (AvgIpc) is 2.34. The second-order valence-corrected chi connectivity index (χ2v) is 5.27. The van der Waals surface area contributed by atoms with Crippen LogP contribution in [-0.2, 0) is 16.0 Å². The number of carbonyl (C=O) groups is 1. The predicted molar refractivity (Wildman–Crippen MR) is 75.3 cm³/mol. The SMILES string of the molecule is COCC(C)(O)CNC(=O)CCc1cccc(Cl)c1. The van der Waals surface area contributed by atoms with Gasteiger partial charge in [0.15, 0.2) is 0 Å². The van der Waals surface area contributed by atoms with E-state index in [1.807, 2.05) is 18.2 Å². The first kappa shape index (κ1) is 16.0. The zero-order valence-electron chi connectivity index (χ0n) is 11.3. The van der Waals surface area contributed by atoms with E-state index in [2.05, 4.69) is 5.32 Å². The summed E-state index contributed by atoms with van der Waals surface area (Å²) < 4.78 is 4.87. The lowest BCUT2D eigenvalue weighted by Crippen LogP contribution is -2.43. The highest BCUT2D eigenvalue weighted by Crippen LogP contribution is 2.12. The fourth-order valence-electron chi connectivity index (χ4n) is 1.69. The summed E-state index contributed by atoms with van der Waals surface area (Å²) in [5.74, 6) is -0.101. The van der Waals surface area contributed by atoms with Crippen LogP contribution < -0.4 is 5.32 Å². The Morgan fingerprint density at radius 1 is 1.53 bits per heavy atom. The summed E-state index contributed by atoms with van der Waals surface area (Å²) in [5.41, 5.74) is -0.0215. The molecule has 0 spiro atoms. The number of hydrogen-bond donors (Lipinski definition) is 2. The van der Waals surface area contributed by atoms with E-state index in [0.29, 0.717) is 17.9 Å². The number of ether oxygens (including phenoxy) is 1. The molecule has 0 saturated heterocycles. The molecule has 0 radical (unpaired) electrons. The van der Waals surface area contributed by atoms with Gasteiger partial charge in [0.05, 0.1) is 6.61 Å². The number of aliphatic hydroxyl groups is 1. The zero-order chi connectivity index (χ0) is 14.3. The lowest BCUT2D eigenvalue weighted by atomic mass is 10.1. The number of benzene rings is 1. The third-order valence-electron chi connectivity index (χ3n) is 2.65. The zero-order valence-corrected chi connectivity index (χ0v) is 12.0. The van der Waals surface area contributed by atoms with Crippen LogP contribution in [0.15, 0.2) is 24.3 Å². The predicted octanol–water partition coefficient (Wildman–Crippen LogP) is 1.79. The normalized spacial score (nSPS) is 13.9. The minimum atomic E-state index is -1.04. The Labute approximate surface area is 118 Å². The van der Waals surface area contributed by atoms with Crippen LogP contribution in [0.3, 0.4) is 0 Å². The van der Waals surface area contributed by atoms with Crippen LogP contribution >= 0.6 is 11.6 Å². The van der Waals surface area contributed by atoms with Gasteiger partial charge in [-0.3, -0.25) is 4.79 Å². The van der Waals surface area contributed by atoms with Gasteiger partial charge in [-0.2, -0.15) is 0 Å². The number of amides is 1. The third kappa shape index (κ3) is 6.57. The highest BCUT2D eigenvalue weighted by molar-refractivity contribution is 6.30. The van der Waals surface area contributed by atoms with E-state index >= 15 is 0 Å². The van der Waals surface area contributed by atoms with Gasteiger partial charge in [0.2, 0.25) is 5.91 Å². The Bertz CT molecular complexity index is 421. The number of carbonyl (C=O) groups excluding carboxylic acids is 1. The molecule has 0 fully saturated rings. The molecular weight excluding hydrogens is 266 g/mol. The molecule has 1 rings (SSSR count). The number of aryl methyl sites for hydroxylation is 1. The molecule has 106 valence electrons. The first-order valence-corrected chi connectivity index (χ1v) is 6.53. The van der Waals surface area contributed by atoms with E-state index < -0.39 is 5.60 Å². The maximum absolute atomic E-state index is 11.7. The molecule has 0 aromatic heterocycles. The van der Waals surface area contributed by atoms with Gasteiger partial charge in [-0.25, -0.2) is 0 Å². The second-order valence-electron chi connectivity index (χ2n) is 4.84. The standard InChI is InChI=1S/C14H20ClNO3/c1-14(18,10-19-2)9-16-13(17)7-6-11-4-3-5-12(15)8-11/h3-5,8,18H,6-7,9-10H2,1-2H3,(H,16,17). The highest BCUT2D eigenvalue weighted by Gasteiger charge is 2.20. The summed E-state index contributed by atoms with van der Waals surface area (Å²) >= 11 is 5.87. The lowest BCUT2D eigenvalue weighted by Gasteiger charge is -2.22. The summed E-state index contributed by atoms with van der Waals surface area (Å²) in [6.45, 7) is 1.98. The molecule has 0 aliphatic carbocycles. The molecule has 0 saturated carbocycles. The molecule has 1 atom stereocenters. The molecule has 1 aromatic rings. The van der Waals surface area contributed by atoms with Crippen LogP contribution in [0, 0.1) is 0 Å². The summed E-state index contributed by atoms with van der Waals surface area (Å²) in [6, 6.07) is 7.43. The molecule has 1 aromatic carbocycles. The molecule has 0 bridgehead atoms. The van der Waals surface area contributed by atoms with Gasteiger partial charge in [-0.1, -0.05) is 23.7 Å². The van der Waals surface area contributed by atoms with Gasteiger partial charge in [0.1, 0.15) is 5.60 Å². The minimum Gasteiger partial charge on any atom is -0.386 e. The number of methoxy groups -OCH3 is 1. The van der Waals surface area contributed by atoms with E-state index in [1.54, 1.807) is 13.0 Å². The molecule has 0 aliphatic heterocycles. The van der Waals surface area contributed by atoms with Gasteiger partial charge in [0.25, 0.3) is 0 Å². The molecule has 5 heteroatoms. The van der Waals surface area contributed by atoms with Gasteiger partial charge in [-0.05, 0) is 31.0 Å². The van der Waals surface area contributed by atoms with Crippen LogP contribution in [0.4, 0.5) is 0 Å². The monoisotopic (exact) mass is 285 g/mol. The largest absolute Gasteiger partial charge is 0.386 e. The molecule has 0 aliphatic rings. The molecule has 1 amide bonds. The quantitative estimate of drug-likeness (QED) is 0.803. The van der Waals surface area contributed by atoms with Crippen molar-refractivity contribution in [2.75, 3.05) is 20.3 Å². The number of nitrogens with one attached hydrogen (secondary N) is 1. The summed E-state index contributed by atoms with van der Waals surface area (Å²) in [7, 11) is 1.51. The average molecular weight is 286 g/mol. The second kappa shape index (κ2) is 7.48. The highest BCUT2D eigenvalue weighted by atomic mass is 35.5. The topological polar surface area (TPSA) is 58.6 Å². The maximum Gasteiger partial charge on any atom is 0.220 e. The molecule has 0 heterocycles. The molecule has 4 nitrogen and oxygen atoms in total. The van der Waals surface area contributed by atoms with Crippen LogP contribution in [0.25, 0.3) is 0 Å². The van der Waals surface area contributed by atoms with Crippen molar-refractivity contribution < 1.29 is 14.6 Å². The molecule has 19 heavy (non-hydrogen) atoms. The van der Waals surface area contributed by atoms with Gasteiger partial charge in [0, 0.05) is 25.1 Å². The Morgan fingerprint density at radius 2 is 2.26 bits per heavy atom. The maximum atomic E-state index is 11.7. The fourth-order valence-corrected chi connectivity index (χ4v) is 1.90. The first-order chi connectivity index (χ1) is 8.93. The number of halogens is 1. The van der Waals surface area contributed by atoms with Crippen molar-refractivity contribution in [3.05, 3.63) is 34.9 Å². The van der Waals surface area contributed by atoms with Gasteiger partial charge < -0.3 is 15.2 Å². The van der Waals surface area contributed by atoms with Gasteiger partial charge >= 0.3 is 0 Å². The summed E-state index contributed by atoms with van der Waals surface area (Å²) in [6.07, 6.45) is 0.988. The van der Waals surface area contributed by atoms with E-state index in [4.69, 9.17) is 16.3 Å². The van der Waals surface area contributed by atoms with Crippen LogP contribution in [0.5, 0.6) is 0 Å². The smallest absolute Gasteiger partial charge is 0.220 e. The minimum absolute atomic E-state index is 0.101. The van der Waals surface area contributed by atoms with E-state index in [0.717, 1.165) is 5.56 Å². The van der Waals surface area contributed by atoms with Gasteiger partial charge in [-0.15, -0.1) is 0 Å². The lowest BCUT2D eigenvalue weighted by molar-refractivity contribution is -0.122.